The van der Waals surface area contributed by atoms with Crippen LogP contribution in [0.3, 0.4) is 0 Å². The van der Waals surface area contributed by atoms with Gasteiger partial charge in [-0.2, -0.15) is 11.3 Å². The Morgan fingerprint density at radius 2 is 1.83 bits per heavy atom. The average Bonchev–Trinajstić information content (AvgIpc) is 3.00. The molecule has 124 valence electrons. The first-order chi connectivity index (χ1) is 10.7. The molecule has 0 aliphatic carbocycles. The summed E-state index contributed by atoms with van der Waals surface area (Å²) in [6.07, 6.45) is 0. The highest BCUT2D eigenvalue weighted by Crippen LogP contribution is 2.29. The number of sulfonamides is 1. The second kappa shape index (κ2) is 6.69. The van der Waals surface area contributed by atoms with E-state index in [9.17, 15) is 13.2 Å². The minimum absolute atomic E-state index is 0.133. The Hall–Kier alpha value is -1.90. The second-order valence-corrected chi connectivity index (χ2v) is 8.26. The van der Waals surface area contributed by atoms with Gasteiger partial charge in [-0.3, -0.25) is 4.79 Å². The fourth-order valence-electron chi connectivity index (χ4n) is 1.96. The maximum Gasteiger partial charge on any atom is 0.256 e. The Morgan fingerprint density at radius 1 is 1.13 bits per heavy atom. The third-order valence-corrected chi connectivity index (χ3v) is 5.75. The fraction of sp³-hybridized carbons (Fsp3) is 0.267. The van der Waals surface area contributed by atoms with Crippen LogP contribution in [-0.4, -0.2) is 46.8 Å². The smallest absolute Gasteiger partial charge is 0.256 e. The van der Waals surface area contributed by atoms with Crippen molar-refractivity contribution in [2.75, 3.05) is 38.4 Å². The van der Waals surface area contributed by atoms with Gasteiger partial charge in [0.05, 0.1) is 21.8 Å². The summed E-state index contributed by atoms with van der Waals surface area (Å²) in [5.41, 5.74) is 1.72. The molecule has 0 fully saturated rings. The molecule has 0 spiro atoms. The summed E-state index contributed by atoms with van der Waals surface area (Å²) in [6.45, 7) is 0. The molecular weight excluding hydrogens is 334 g/mol. The summed E-state index contributed by atoms with van der Waals surface area (Å²) in [6, 6.07) is 6.41. The molecule has 1 N–H and O–H groups in total. The third kappa shape index (κ3) is 3.72. The van der Waals surface area contributed by atoms with Crippen molar-refractivity contribution in [2.24, 2.45) is 0 Å². The van der Waals surface area contributed by atoms with Crippen LogP contribution >= 0.6 is 11.3 Å². The highest BCUT2D eigenvalue weighted by atomic mass is 32.2. The predicted octanol–water partition coefficient (Wildman–Crippen LogP) is 2.32. The van der Waals surface area contributed by atoms with Gasteiger partial charge in [0.15, 0.2) is 0 Å². The number of carbonyl (C=O) groups is 1. The monoisotopic (exact) mass is 353 g/mol. The topological polar surface area (TPSA) is 69.7 Å². The summed E-state index contributed by atoms with van der Waals surface area (Å²) in [7, 11) is 3.03. The van der Waals surface area contributed by atoms with Gasteiger partial charge < -0.3 is 10.2 Å². The van der Waals surface area contributed by atoms with Crippen LogP contribution in [-0.2, 0) is 10.0 Å². The standard InChI is InChI=1S/C15H19N3O3S2/c1-17(2)14-6-5-12(23(20,21)18(3)4)9-13(14)16-15(19)11-7-8-22-10-11/h5-10H,1-4H3,(H,16,19). The second-order valence-electron chi connectivity index (χ2n) is 5.33. The van der Waals surface area contributed by atoms with Crippen molar-refractivity contribution in [3.8, 4) is 0 Å². The molecule has 1 amide bonds. The highest BCUT2D eigenvalue weighted by Gasteiger charge is 2.20. The van der Waals surface area contributed by atoms with Crippen molar-refractivity contribution in [3.63, 3.8) is 0 Å². The van der Waals surface area contributed by atoms with E-state index in [2.05, 4.69) is 5.32 Å². The molecule has 6 nitrogen and oxygen atoms in total. The molecule has 0 atom stereocenters. The summed E-state index contributed by atoms with van der Waals surface area (Å²) in [5.74, 6) is -0.270. The molecule has 23 heavy (non-hydrogen) atoms. The van der Waals surface area contributed by atoms with Gasteiger partial charge in [0.1, 0.15) is 0 Å². The SMILES string of the molecule is CN(C)c1ccc(S(=O)(=O)N(C)C)cc1NC(=O)c1ccsc1. The van der Waals surface area contributed by atoms with Crippen molar-refractivity contribution in [1.29, 1.82) is 0 Å². The van der Waals surface area contributed by atoms with Gasteiger partial charge in [-0.25, -0.2) is 12.7 Å². The predicted molar refractivity (Wildman–Crippen MR) is 93.9 cm³/mol. The third-order valence-electron chi connectivity index (χ3n) is 3.26. The summed E-state index contributed by atoms with van der Waals surface area (Å²) in [4.78, 5) is 14.2. The van der Waals surface area contributed by atoms with Crippen molar-refractivity contribution in [2.45, 2.75) is 4.90 Å². The lowest BCUT2D eigenvalue weighted by atomic mass is 10.2. The molecule has 0 radical (unpaired) electrons. The Balaban J connectivity index is 2.45. The molecule has 0 saturated carbocycles. The van der Waals surface area contributed by atoms with Crippen molar-refractivity contribution in [1.82, 2.24) is 4.31 Å². The maximum absolute atomic E-state index is 12.3. The van der Waals surface area contributed by atoms with Gasteiger partial charge in [-0.05, 0) is 29.6 Å². The summed E-state index contributed by atoms with van der Waals surface area (Å²) in [5, 5.41) is 6.34. The number of rotatable bonds is 5. The van der Waals surface area contributed by atoms with Crippen LogP contribution in [0.2, 0.25) is 0 Å². The molecule has 2 rings (SSSR count). The van der Waals surface area contributed by atoms with Crippen LogP contribution < -0.4 is 10.2 Å². The number of benzene rings is 1. The molecule has 0 unspecified atom stereocenters. The van der Waals surface area contributed by atoms with Crippen LogP contribution in [0.25, 0.3) is 0 Å². The van der Waals surface area contributed by atoms with E-state index in [-0.39, 0.29) is 10.8 Å². The molecule has 2 aromatic rings. The Bertz CT molecular complexity index is 797. The number of amides is 1. The van der Waals surface area contributed by atoms with E-state index < -0.39 is 10.0 Å². The first-order valence-corrected chi connectivity index (χ1v) is 9.19. The first kappa shape index (κ1) is 17.5. The van der Waals surface area contributed by atoms with Gasteiger partial charge in [0.2, 0.25) is 10.0 Å². The van der Waals surface area contributed by atoms with E-state index in [0.29, 0.717) is 11.3 Å². The summed E-state index contributed by atoms with van der Waals surface area (Å²) >= 11 is 1.43. The van der Waals surface area contributed by atoms with E-state index in [1.165, 1.54) is 37.6 Å². The Morgan fingerprint density at radius 3 is 2.35 bits per heavy atom. The molecule has 0 aliphatic rings. The number of nitrogens with zero attached hydrogens (tertiary/aromatic N) is 2. The quantitative estimate of drug-likeness (QED) is 0.896. The van der Waals surface area contributed by atoms with Crippen molar-refractivity contribution >= 4 is 38.6 Å². The minimum atomic E-state index is -3.57. The van der Waals surface area contributed by atoms with Crippen LogP contribution in [0.15, 0.2) is 39.9 Å². The number of nitrogens with one attached hydrogen (secondary N) is 1. The van der Waals surface area contributed by atoms with Crippen LogP contribution in [0.4, 0.5) is 11.4 Å². The van der Waals surface area contributed by atoms with Crippen molar-refractivity contribution < 1.29 is 13.2 Å². The van der Waals surface area contributed by atoms with Gasteiger partial charge in [-0.15, -0.1) is 0 Å². The number of hydrogen-bond donors (Lipinski definition) is 1. The molecule has 1 aromatic carbocycles. The Kier molecular flexibility index (Phi) is 5.08. The number of carbonyl (C=O) groups excluding carboxylic acids is 1. The van der Waals surface area contributed by atoms with Crippen LogP contribution in [0.5, 0.6) is 0 Å². The molecular formula is C15H19N3O3S2. The number of anilines is 2. The molecule has 0 aliphatic heterocycles. The number of hydrogen-bond acceptors (Lipinski definition) is 5. The van der Waals surface area contributed by atoms with E-state index in [1.54, 1.807) is 17.5 Å². The zero-order valence-electron chi connectivity index (χ0n) is 13.4. The van der Waals surface area contributed by atoms with Crippen LogP contribution in [0.1, 0.15) is 10.4 Å². The average molecular weight is 353 g/mol. The minimum Gasteiger partial charge on any atom is -0.376 e. The van der Waals surface area contributed by atoms with Gasteiger partial charge in [-0.1, -0.05) is 0 Å². The highest BCUT2D eigenvalue weighted by molar-refractivity contribution is 7.89. The first-order valence-electron chi connectivity index (χ1n) is 6.81. The lowest BCUT2D eigenvalue weighted by Gasteiger charge is -2.20. The molecule has 1 heterocycles. The zero-order valence-corrected chi connectivity index (χ0v) is 15.0. The van der Waals surface area contributed by atoms with E-state index in [0.717, 1.165) is 9.99 Å². The maximum atomic E-state index is 12.3. The molecule has 0 saturated heterocycles. The molecule has 1 aromatic heterocycles. The van der Waals surface area contributed by atoms with Gasteiger partial charge >= 0.3 is 0 Å². The Labute approximate surface area is 140 Å². The zero-order chi connectivity index (χ0) is 17.2. The van der Waals surface area contributed by atoms with E-state index in [4.69, 9.17) is 0 Å². The van der Waals surface area contributed by atoms with E-state index >= 15 is 0 Å². The van der Waals surface area contributed by atoms with Crippen molar-refractivity contribution in [3.05, 3.63) is 40.6 Å². The van der Waals surface area contributed by atoms with Gasteiger partial charge in [0.25, 0.3) is 5.91 Å². The lowest BCUT2D eigenvalue weighted by Crippen LogP contribution is -2.23. The normalized spacial score (nSPS) is 11.5. The number of thiophene rings is 1. The lowest BCUT2D eigenvalue weighted by molar-refractivity contribution is 0.102. The fourth-order valence-corrected chi connectivity index (χ4v) is 3.53. The molecule has 0 bridgehead atoms. The van der Waals surface area contributed by atoms with Crippen LogP contribution in [0, 0.1) is 0 Å². The summed E-state index contributed by atoms with van der Waals surface area (Å²) < 4.78 is 25.7. The van der Waals surface area contributed by atoms with Gasteiger partial charge in [0, 0.05) is 33.6 Å². The largest absolute Gasteiger partial charge is 0.376 e. The molecule has 8 heteroatoms. The van der Waals surface area contributed by atoms with E-state index in [1.807, 2.05) is 24.4 Å².